The van der Waals surface area contributed by atoms with Gasteiger partial charge in [-0.2, -0.15) is 0 Å². The molecule has 59 heavy (non-hydrogen) atoms. The largest absolute Gasteiger partial charge is 0.508 e. The maximum Gasteiger partial charge on any atom is 0.255 e. The number of aromatic hydroxyl groups is 1. The van der Waals surface area contributed by atoms with E-state index in [4.69, 9.17) is 9.47 Å². The maximum atomic E-state index is 13.4. The maximum absolute atomic E-state index is 13.4. The van der Waals surface area contributed by atoms with E-state index in [0.717, 1.165) is 67.6 Å². The number of carbonyl (C=O) groups excluding carboxylic acids is 3. The fourth-order valence-corrected chi connectivity index (χ4v) is 12.1. The van der Waals surface area contributed by atoms with Crippen LogP contribution in [0.2, 0.25) is 0 Å². The van der Waals surface area contributed by atoms with Crippen molar-refractivity contribution in [1.82, 2.24) is 15.1 Å². The number of nitrogens with one attached hydrogen (secondary N) is 1. The molecule has 1 saturated carbocycles. The van der Waals surface area contributed by atoms with Crippen molar-refractivity contribution < 1.29 is 29.0 Å². The number of likely N-dealkylation sites (tertiary alicyclic amines) is 1. The highest BCUT2D eigenvalue weighted by Gasteiger charge is 2.50. The second-order valence-corrected chi connectivity index (χ2v) is 18.6. The van der Waals surface area contributed by atoms with Crippen molar-refractivity contribution in [3.05, 3.63) is 118 Å². The van der Waals surface area contributed by atoms with Gasteiger partial charge in [-0.05, 0) is 105 Å². The summed E-state index contributed by atoms with van der Waals surface area (Å²) in [5, 5.41) is 12.6. The van der Waals surface area contributed by atoms with Gasteiger partial charge in [0.05, 0.1) is 19.8 Å². The van der Waals surface area contributed by atoms with Crippen molar-refractivity contribution in [2.75, 3.05) is 50.8 Å². The van der Waals surface area contributed by atoms with Crippen LogP contribution in [0.15, 0.2) is 84.9 Å². The minimum absolute atomic E-state index is 0.0271. The molecule has 0 radical (unpaired) electrons. The molecule has 304 valence electrons. The molecule has 1 aliphatic carbocycles. The van der Waals surface area contributed by atoms with Crippen molar-refractivity contribution in [3.63, 3.8) is 0 Å². The van der Waals surface area contributed by atoms with Gasteiger partial charge in [0.2, 0.25) is 11.8 Å². The number of hydrogen-bond donors (Lipinski definition) is 2. The first kappa shape index (κ1) is 36.7. The van der Waals surface area contributed by atoms with E-state index in [-0.39, 0.29) is 47.1 Å². The monoisotopic (exact) mass is 792 g/mol. The Morgan fingerprint density at radius 3 is 2.36 bits per heavy atom. The number of phenolic OH excluding ortho intramolecular Hbond substituents is 1. The number of ether oxygens (including phenoxy) is 2. The number of anilines is 1. The lowest BCUT2D eigenvalue weighted by molar-refractivity contribution is -0.136. The fourth-order valence-electron chi connectivity index (χ4n) is 12.1. The number of carbonyl (C=O) groups is 3. The summed E-state index contributed by atoms with van der Waals surface area (Å²) in [7, 11) is 0. The number of piperidine rings is 3. The topological polar surface area (TPSA) is 112 Å². The van der Waals surface area contributed by atoms with Gasteiger partial charge in [-0.3, -0.25) is 19.7 Å². The SMILES string of the molecule is O=C1CC[C@@H](N2Cc3c(ccc4c3OCC43CCN(CC4CC5(CCN(c6ccc([C@H]7c8ccc(O)cc8OC[C@H]7c7ccccc7)cc6)CC5)C4)CC3)C2=O)C(=O)N1. The summed E-state index contributed by atoms with van der Waals surface area (Å²) in [5.41, 5.74) is 8.18. The number of rotatable bonds is 6. The highest BCUT2D eigenvalue weighted by Crippen LogP contribution is 2.55. The van der Waals surface area contributed by atoms with Gasteiger partial charge in [0.15, 0.2) is 0 Å². The molecule has 4 aromatic carbocycles. The molecule has 4 aromatic rings. The number of hydrogen-bond acceptors (Lipinski definition) is 8. The standard InChI is InChI=1S/C49H52N4O6/c54-35-10-11-37-42(24-35)58-29-39(32-4-2-1-3-5-32)44(37)33-6-8-34(9-7-33)52-22-16-48(17-23-52)25-31(26-48)27-51-20-18-49(19-21-51)30-59-45-38-28-53(41-14-15-43(55)50-46(41)56)47(57)36(38)12-13-40(45)49/h1-13,24,31,39,41,44,54H,14-23,25-30H2,(H,50,55,56)/t39-,41+,44-/m0/s1. The summed E-state index contributed by atoms with van der Waals surface area (Å²) in [6.45, 7) is 7.07. The van der Waals surface area contributed by atoms with E-state index in [1.807, 2.05) is 12.1 Å². The van der Waals surface area contributed by atoms with Crippen LogP contribution in [0.5, 0.6) is 17.2 Å². The lowest BCUT2D eigenvalue weighted by Gasteiger charge is -2.54. The first-order chi connectivity index (χ1) is 28.7. The van der Waals surface area contributed by atoms with Gasteiger partial charge in [-0.15, -0.1) is 0 Å². The Morgan fingerprint density at radius 2 is 1.59 bits per heavy atom. The molecule has 11 rings (SSSR count). The minimum Gasteiger partial charge on any atom is -0.508 e. The molecule has 6 aliphatic heterocycles. The molecular weight excluding hydrogens is 741 g/mol. The number of amides is 3. The van der Waals surface area contributed by atoms with E-state index in [9.17, 15) is 19.5 Å². The second kappa shape index (κ2) is 14.1. The van der Waals surface area contributed by atoms with Crippen LogP contribution in [0, 0.1) is 11.3 Å². The zero-order valence-corrected chi connectivity index (χ0v) is 33.5. The molecule has 2 spiro atoms. The molecule has 0 unspecified atom stereocenters. The Balaban J connectivity index is 0.685. The third kappa shape index (κ3) is 6.28. The van der Waals surface area contributed by atoms with Gasteiger partial charge in [-0.1, -0.05) is 54.6 Å². The molecule has 0 bridgehead atoms. The van der Waals surface area contributed by atoms with Crippen molar-refractivity contribution in [2.45, 2.75) is 81.2 Å². The number of phenols is 1. The Bertz CT molecular complexity index is 2300. The Labute approximate surface area is 345 Å². The van der Waals surface area contributed by atoms with Gasteiger partial charge in [0.25, 0.3) is 5.91 Å². The summed E-state index contributed by atoms with van der Waals surface area (Å²) in [4.78, 5) is 44.6. The van der Waals surface area contributed by atoms with E-state index in [0.29, 0.717) is 37.2 Å². The Morgan fingerprint density at radius 1 is 0.814 bits per heavy atom. The van der Waals surface area contributed by atoms with Crippen molar-refractivity contribution in [3.8, 4) is 17.2 Å². The van der Waals surface area contributed by atoms with Crippen LogP contribution < -0.4 is 19.7 Å². The number of benzene rings is 4. The first-order valence-corrected chi connectivity index (χ1v) is 21.8. The van der Waals surface area contributed by atoms with E-state index in [2.05, 4.69) is 75.8 Å². The van der Waals surface area contributed by atoms with Crippen LogP contribution in [0.3, 0.4) is 0 Å². The fraction of sp³-hybridized carbons (Fsp3) is 0.449. The van der Waals surface area contributed by atoms with E-state index in [1.54, 1.807) is 17.0 Å². The minimum atomic E-state index is -0.618. The van der Waals surface area contributed by atoms with Crippen LogP contribution in [0.25, 0.3) is 0 Å². The van der Waals surface area contributed by atoms with E-state index < -0.39 is 6.04 Å². The van der Waals surface area contributed by atoms with Gasteiger partial charge >= 0.3 is 0 Å². The van der Waals surface area contributed by atoms with Crippen molar-refractivity contribution in [2.24, 2.45) is 11.3 Å². The predicted molar refractivity (Wildman–Crippen MR) is 223 cm³/mol. The van der Waals surface area contributed by atoms with E-state index in [1.165, 1.54) is 54.6 Å². The lowest BCUT2D eigenvalue weighted by Crippen LogP contribution is -2.52. The second-order valence-electron chi connectivity index (χ2n) is 18.6. The third-order valence-corrected chi connectivity index (χ3v) is 15.3. The molecule has 10 nitrogen and oxygen atoms in total. The average Bonchev–Trinajstić information content (AvgIpc) is 3.78. The van der Waals surface area contributed by atoms with Crippen molar-refractivity contribution >= 4 is 23.4 Å². The van der Waals surface area contributed by atoms with Crippen LogP contribution in [-0.4, -0.2) is 84.6 Å². The van der Waals surface area contributed by atoms with E-state index >= 15 is 0 Å². The quantitative estimate of drug-likeness (QED) is 0.204. The third-order valence-electron chi connectivity index (χ3n) is 15.3. The molecule has 0 aromatic heterocycles. The summed E-state index contributed by atoms with van der Waals surface area (Å²) in [6, 6.07) is 28.9. The zero-order valence-electron chi connectivity index (χ0n) is 33.5. The summed E-state index contributed by atoms with van der Waals surface area (Å²) < 4.78 is 12.6. The normalized spacial score (nSPS) is 25.8. The molecule has 3 amide bonds. The number of nitrogens with zero attached hydrogens (tertiary/aromatic N) is 3. The molecular formula is C49H52N4O6. The zero-order chi connectivity index (χ0) is 39.9. The molecule has 3 atom stereocenters. The first-order valence-electron chi connectivity index (χ1n) is 21.8. The number of imide groups is 1. The van der Waals surface area contributed by atoms with Crippen LogP contribution in [0.4, 0.5) is 5.69 Å². The molecule has 3 saturated heterocycles. The number of fused-ring (bicyclic) bond motifs is 5. The van der Waals surface area contributed by atoms with Gasteiger partial charge in [0, 0.05) is 77.3 Å². The Hall–Kier alpha value is -5.35. The predicted octanol–water partition coefficient (Wildman–Crippen LogP) is 6.88. The molecule has 2 N–H and O–H groups in total. The lowest BCUT2D eigenvalue weighted by atomic mass is 9.57. The van der Waals surface area contributed by atoms with Crippen LogP contribution in [-0.2, 0) is 21.5 Å². The van der Waals surface area contributed by atoms with Crippen LogP contribution >= 0.6 is 0 Å². The summed E-state index contributed by atoms with van der Waals surface area (Å²) in [5.74, 6) is 2.16. The highest BCUT2D eigenvalue weighted by atomic mass is 16.5. The summed E-state index contributed by atoms with van der Waals surface area (Å²) >= 11 is 0. The van der Waals surface area contributed by atoms with Gasteiger partial charge in [-0.25, -0.2) is 0 Å². The Kier molecular flexibility index (Phi) is 8.80. The van der Waals surface area contributed by atoms with Gasteiger partial charge in [0.1, 0.15) is 23.3 Å². The smallest absolute Gasteiger partial charge is 0.255 e. The van der Waals surface area contributed by atoms with Gasteiger partial charge < -0.3 is 29.3 Å². The van der Waals surface area contributed by atoms with Crippen molar-refractivity contribution in [1.29, 1.82) is 0 Å². The molecule has 6 heterocycles. The molecule has 7 aliphatic rings. The molecule has 10 heteroatoms. The summed E-state index contributed by atoms with van der Waals surface area (Å²) in [6.07, 6.45) is 7.88. The average molecular weight is 793 g/mol. The highest BCUT2D eigenvalue weighted by molar-refractivity contribution is 6.05. The van der Waals surface area contributed by atoms with Crippen LogP contribution in [0.1, 0.15) is 101 Å². The molecule has 4 fully saturated rings.